The molecule has 1 N–H and O–H groups in total. The maximum atomic E-state index is 14.5. The highest BCUT2D eigenvalue weighted by Gasteiger charge is 2.43. The highest BCUT2D eigenvalue weighted by atomic mass is 19.3. The molecule has 0 radical (unpaired) electrons. The van der Waals surface area contributed by atoms with E-state index >= 15 is 0 Å². The lowest BCUT2D eigenvalue weighted by Gasteiger charge is -2.36. The Labute approximate surface area is 168 Å². The summed E-state index contributed by atoms with van der Waals surface area (Å²) in [6, 6.07) is 1.47. The van der Waals surface area contributed by atoms with Gasteiger partial charge in [-0.15, -0.1) is 0 Å². The monoisotopic (exact) mass is 436 g/mol. The Balaban J connectivity index is 1.91. The van der Waals surface area contributed by atoms with Crippen molar-refractivity contribution in [3.05, 3.63) is 64.5 Å². The number of hydrogen-bond donors (Lipinski definition) is 1. The summed E-state index contributed by atoms with van der Waals surface area (Å²) in [6.07, 6.45) is -2.06. The normalized spacial score (nSPS) is 22.2. The van der Waals surface area contributed by atoms with Crippen LogP contribution in [0.5, 0.6) is 5.75 Å². The fourth-order valence-electron chi connectivity index (χ4n) is 3.76. The van der Waals surface area contributed by atoms with Crippen molar-refractivity contribution in [2.24, 2.45) is 5.92 Å². The van der Waals surface area contributed by atoms with E-state index < -0.39 is 52.1 Å². The SMILES string of the molecule is CCC1CCC(O)(c2cc(F)c(C(F)(F)Oc3cc(F)c(F)c(F)c3)c(F)c2)CC1. The first-order chi connectivity index (χ1) is 14.0. The van der Waals surface area contributed by atoms with Gasteiger partial charge in [-0.3, -0.25) is 0 Å². The average molecular weight is 436 g/mol. The van der Waals surface area contributed by atoms with Crippen molar-refractivity contribution in [2.75, 3.05) is 0 Å². The molecule has 1 fully saturated rings. The minimum atomic E-state index is -4.66. The van der Waals surface area contributed by atoms with Crippen LogP contribution in [0.2, 0.25) is 0 Å². The molecule has 0 atom stereocenters. The Morgan fingerprint density at radius 1 is 0.933 bits per heavy atom. The number of halogens is 7. The Morgan fingerprint density at radius 3 is 1.90 bits per heavy atom. The zero-order chi connectivity index (χ0) is 22.3. The molecule has 1 aliphatic rings. The van der Waals surface area contributed by atoms with Gasteiger partial charge in [0.05, 0.1) is 5.60 Å². The Kier molecular flexibility index (Phi) is 6.04. The van der Waals surface area contributed by atoms with E-state index in [2.05, 4.69) is 4.74 Å². The van der Waals surface area contributed by atoms with Crippen molar-refractivity contribution in [3.63, 3.8) is 0 Å². The summed E-state index contributed by atoms with van der Waals surface area (Å²) in [5.74, 6) is -9.68. The summed E-state index contributed by atoms with van der Waals surface area (Å²) >= 11 is 0. The number of rotatable bonds is 5. The maximum Gasteiger partial charge on any atom is 0.432 e. The minimum absolute atomic E-state index is 0.130. The van der Waals surface area contributed by atoms with E-state index in [0.717, 1.165) is 6.42 Å². The first-order valence-electron chi connectivity index (χ1n) is 9.40. The lowest BCUT2D eigenvalue weighted by atomic mass is 9.74. The minimum Gasteiger partial charge on any atom is -0.429 e. The lowest BCUT2D eigenvalue weighted by Crippen LogP contribution is -2.32. The molecule has 9 heteroatoms. The van der Waals surface area contributed by atoms with Gasteiger partial charge in [0.2, 0.25) is 0 Å². The summed E-state index contributed by atoms with van der Waals surface area (Å²) in [7, 11) is 0. The molecule has 1 saturated carbocycles. The smallest absolute Gasteiger partial charge is 0.429 e. The van der Waals surface area contributed by atoms with Gasteiger partial charge in [0.25, 0.3) is 0 Å². The Hall–Kier alpha value is -2.29. The largest absolute Gasteiger partial charge is 0.432 e. The fourth-order valence-corrected chi connectivity index (χ4v) is 3.76. The third kappa shape index (κ3) is 4.26. The topological polar surface area (TPSA) is 29.5 Å². The molecule has 0 aliphatic heterocycles. The van der Waals surface area contributed by atoms with Crippen molar-refractivity contribution >= 4 is 0 Å². The molecular formula is C21H19F7O2. The van der Waals surface area contributed by atoms with Gasteiger partial charge in [-0.25, -0.2) is 22.0 Å². The molecule has 0 saturated heterocycles. The van der Waals surface area contributed by atoms with Crippen LogP contribution < -0.4 is 4.74 Å². The second-order valence-corrected chi connectivity index (χ2v) is 7.52. The van der Waals surface area contributed by atoms with Crippen LogP contribution in [0.3, 0.4) is 0 Å². The van der Waals surface area contributed by atoms with Crippen LogP contribution in [0.15, 0.2) is 24.3 Å². The predicted molar refractivity (Wildman–Crippen MR) is 93.3 cm³/mol. The average Bonchev–Trinajstić information content (AvgIpc) is 2.65. The van der Waals surface area contributed by atoms with Crippen LogP contribution in [-0.4, -0.2) is 5.11 Å². The Bertz CT molecular complexity index is 891. The zero-order valence-corrected chi connectivity index (χ0v) is 15.9. The van der Waals surface area contributed by atoms with Gasteiger partial charge in [-0.1, -0.05) is 13.3 Å². The molecule has 0 spiro atoms. The van der Waals surface area contributed by atoms with Crippen LogP contribution >= 0.6 is 0 Å². The molecule has 0 unspecified atom stereocenters. The van der Waals surface area contributed by atoms with Gasteiger partial charge in [0.1, 0.15) is 22.9 Å². The van der Waals surface area contributed by atoms with Crippen molar-refractivity contribution in [2.45, 2.75) is 50.7 Å². The van der Waals surface area contributed by atoms with E-state index in [1.54, 1.807) is 0 Å². The molecule has 2 aromatic rings. The zero-order valence-electron chi connectivity index (χ0n) is 15.9. The van der Waals surface area contributed by atoms with Crippen molar-refractivity contribution in [1.29, 1.82) is 0 Å². The first kappa shape index (κ1) is 22.4. The highest BCUT2D eigenvalue weighted by molar-refractivity contribution is 5.34. The van der Waals surface area contributed by atoms with E-state index in [9.17, 15) is 35.8 Å². The van der Waals surface area contributed by atoms with E-state index in [4.69, 9.17) is 0 Å². The quantitative estimate of drug-likeness (QED) is 0.441. The molecule has 0 aromatic heterocycles. The van der Waals surface area contributed by atoms with Gasteiger partial charge in [0.15, 0.2) is 17.5 Å². The van der Waals surface area contributed by atoms with Gasteiger partial charge < -0.3 is 9.84 Å². The molecule has 2 aromatic carbocycles. The molecule has 0 bridgehead atoms. The third-order valence-electron chi connectivity index (χ3n) is 5.58. The number of hydrogen-bond acceptors (Lipinski definition) is 2. The highest BCUT2D eigenvalue weighted by Crippen LogP contribution is 2.43. The summed E-state index contributed by atoms with van der Waals surface area (Å²) in [5, 5.41) is 10.7. The van der Waals surface area contributed by atoms with Gasteiger partial charge >= 0.3 is 6.11 Å². The van der Waals surface area contributed by atoms with Gasteiger partial charge in [-0.05, 0) is 49.3 Å². The summed E-state index contributed by atoms with van der Waals surface area (Å²) in [6.45, 7) is 1.99. The second-order valence-electron chi connectivity index (χ2n) is 7.52. The Morgan fingerprint density at radius 2 is 1.43 bits per heavy atom. The third-order valence-corrected chi connectivity index (χ3v) is 5.58. The van der Waals surface area contributed by atoms with E-state index in [-0.39, 0.29) is 30.5 Å². The van der Waals surface area contributed by atoms with E-state index in [1.807, 2.05) is 6.92 Å². The molecular weight excluding hydrogens is 417 g/mol. The molecule has 0 heterocycles. The first-order valence-corrected chi connectivity index (χ1v) is 9.40. The van der Waals surface area contributed by atoms with Crippen molar-refractivity contribution < 1.29 is 40.6 Å². The summed E-state index contributed by atoms with van der Waals surface area (Å²) in [4.78, 5) is 0. The van der Waals surface area contributed by atoms with Crippen LogP contribution in [0.25, 0.3) is 0 Å². The lowest BCUT2D eigenvalue weighted by molar-refractivity contribution is -0.189. The van der Waals surface area contributed by atoms with Crippen LogP contribution in [0.4, 0.5) is 30.7 Å². The maximum absolute atomic E-state index is 14.5. The molecule has 164 valence electrons. The van der Waals surface area contributed by atoms with Crippen LogP contribution in [0.1, 0.15) is 50.2 Å². The van der Waals surface area contributed by atoms with Gasteiger partial charge in [-0.2, -0.15) is 8.78 Å². The predicted octanol–water partition coefficient (Wildman–Crippen LogP) is 6.30. The van der Waals surface area contributed by atoms with E-state index in [0.29, 0.717) is 30.9 Å². The molecule has 0 amide bonds. The van der Waals surface area contributed by atoms with Crippen LogP contribution in [-0.2, 0) is 11.7 Å². The number of aliphatic hydroxyl groups is 1. The number of alkyl halides is 2. The molecule has 3 rings (SSSR count). The molecule has 1 aliphatic carbocycles. The summed E-state index contributed by atoms with van der Waals surface area (Å²) in [5.41, 5.74) is -3.52. The molecule has 30 heavy (non-hydrogen) atoms. The standard InChI is InChI=1S/C21H19F7O2/c1-2-11-3-5-20(29,6-4-11)12-7-14(22)18(15(23)8-12)21(27,28)30-13-9-16(24)19(26)17(25)10-13/h7-11,29H,2-6H2,1H3. The fraction of sp³-hybridized carbons (Fsp3) is 0.429. The summed E-state index contributed by atoms with van der Waals surface area (Å²) < 4.78 is 101. The number of benzene rings is 2. The van der Waals surface area contributed by atoms with Crippen molar-refractivity contribution in [3.8, 4) is 5.75 Å². The van der Waals surface area contributed by atoms with E-state index in [1.165, 1.54) is 0 Å². The number of ether oxygens (including phenoxy) is 1. The molecule has 2 nitrogen and oxygen atoms in total. The second kappa shape index (κ2) is 8.09. The van der Waals surface area contributed by atoms with Gasteiger partial charge in [0, 0.05) is 12.1 Å². The van der Waals surface area contributed by atoms with Crippen molar-refractivity contribution in [1.82, 2.24) is 0 Å². The van der Waals surface area contributed by atoms with Crippen LogP contribution in [0, 0.1) is 35.0 Å².